The topological polar surface area (TPSA) is 141 Å². The van der Waals surface area contributed by atoms with Gasteiger partial charge < -0.3 is 30.1 Å². The van der Waals surface area contributed by atoms with E-state index in [0.29, 0.717) is 22.6 Å². The Morgan fingerprint density at radius 3 is 2.41 bits per heavy atom. The van der Waals surface area contributed by atoms with Crippen molar-refractivity contribution < 1.29 is 29.0 Å². The number of carbonyl (C=O) groups is 3. The molecule has 0 spiro atoms. The monoisotopic (exact) mass is 508 g/mol. The second-order valence-corrected chi connectivity index (χ2v) is 9.00. The first-order valence-electron chi connectivity index (χ1n) is 11.5. The summed E-state index contributed by atoms with van der Waals surface area (Å²) in [6.45, 7) is 7.41. The molecule has 2 unspecified atom stereocenters. The first kappa shape index (κ1) is 28.9. The lowest BCUT2D eigenvalue weighted by atomic mass is 10.0. The van der Waals surface area contributed by atoms with E-state index in [1.807, 2.05) is 6.07 Å². The molecule has 0 aliphatic heterocycles. The van der Waals surface area contributed by atoms with Crippen LogP contribution in [0.4, 0.5) is 10.5 Å². The van der Waals surface area contributed by atoms with E-state index >= 15 is 0 Å². The highest BCUT2D eigenvalue weighted by atomic mass is 16.6. The van der Waals surface area contributed by atoms with Gasteiger partial charge in [-0.05, 0) is 62.2 Å². The molecule has 196 valence electrons. The Kier molecular flexibility index (Phi) is 10.2. The lowest BCUT2D eigenvalue weighted by Gasteiger charge is -2.32. The number of carbonyl (C=O) groups excluding carboxylic acids is 3. The van der Waals surface area contributed by atoms with E-state index in [1.165, 1.54) is 7.11 Å². The first-order valence-corrected chi connectivity index (χ1v) is 11.5. The number of alkyl carbamates (subject to hydrolysis) is 1. The fourth-order valence-corrected chi connectivity index (χ4v) is 3.42. The van der Waals surface area contributed by atoms with Crippen LogP contribution in [0.2, 0.25) is 0 Å². The number of hydrogen-bond donors (Lipinski definition) is 3. The molecule has 3 amide bonds. The fraction of sp³-hybridized carbons (Fsp3) is 0.333. The van der Waals surface area contributed by atoms with Crippen LogP contribution in [0.3, 0.4) is 0 Å². The van der Waals surface area contributed by atoms with Gasteiger partial charge in [0, 0.05) is 5.69 Å². The van der Waals surface area contributed by atoms with Gasteiger partial charge in [-0.2, -0.15) is 5.26 Å². The minimum atomic E-state index is -1.46. The van der Waals surface area contributed by atoms with Crippen LogP contribution in [0.1, 0.15) is 37.9 Å². The molecule has 0 heterocycles. The van der Waals surface area contributed by atoms with Crippen LogP contribution in [0.15, 0.2) is 55.1 Å². The lowest BCUT2D eigenvalue weighted by Crippen LogP contribution is -2.54. The van der Waals surface area contributed by atoms with Crippen LogP contribution >= 0.6 is 0 Å². The van der Waals surface area contributed by atoms with E-state index < -0.39 is 48.7 Å². The minimum Gasteiger partial charge on any atom is -0.497 e. The van der Waals surface area contributed by atoms with Crippen molar-refractivity contribution in [3.8, 4) is 11.8 Å². The van der Waals surface area contributed by atoms with Crippen molar-refractivity contribution in [2.75, 3.05) is 25.6 Å². The molecule has 2 aromatic carbocycles. The van der Waals surface area contributed by atoms with Crippen molar-refractivity contribution in [1.29, 1.82) is 5.26 Å². The van der Waals surface area contributed by atoms with Gasteiger partial charge in [-0.15, -0.1) is 0 Å². The van der Waals surface area contributed by atoms with Crippen molar-refractivity contribution in [3.63, 3.8) is 0 Å². The molecule has 3 N–H and O–H groups in total. The largest absolute Gasteiger partial charge is 0.497 e. The third-order valence-corrected chi connectivity index (χ3v) is 5.08. The van der Waals surface area contributed by atoms with Crippen molar-refractivity contribution in [3.05, 3.63) is 66.2 Å². The molecule has 2 rings (SSSR count). The average molecular weight is 509 g/mol. The van der Waals surface area contributed by atoms with Crippen LogP contribution < -0.4 is 15.4 Å². The van der Waals surface area contributed by atoms with Gasteiger partial charge >= 0.3 is 6.09 Å². The smallest absolute Gasteiger partial charge is 0.408 e. The molecule has 0 aliphatic carbocycles. The molecule has 0 saturated carbocycles. The molecule has 0 saturated heterocycles. The third-order valence-electron chi connectivity index (χ3n) is 5.08. The van der Waals surface area contributed by atoms with E-state index in [0.717, 1.165) is 4.90 Å². The predicted molar refractivity (Wildman–Crippen MR) is 138 cm³/mol. The number of rotatable bonds is 10. The summed E-state index contributed by atoms with van der Waals surface area (Å²) in [4.78, 5) is 40.3. The molecule has 10 nitrogen and oxygen atoms in total. The Morgan fingerprint density at radius 1 is 1.19 bits per heavy atom. The van der Waals surface area contributed by atoms with Crippen molar-refractivity contribution in [2.45, 2.75) is 38.5 Å². The Morgan fingerprint density at radius 2 is 1.86 bits per heavy atom. The standard InChI is InChI=1S/C27H32N4O6/c1-6-18-8-7-9-19(16-18)23(24(33)29-20-10-12-21(36-5)13-11-20)31(15-14-28)25(34)22(17-32)30-26(35)37-27(2,3)4/h6-13,16,22-23,32H,1,15,17H2,2-5H3,(H,29,33)(H,30,35). The Labute approximate surface area is 216 Å². The van der Waals surface area contributed by atoms with Gasteiger partial charge in [0.2, 0.25) is 5.91 Å². The van der Waals surface area contributed by atoms with Crippen LogP contribution in [0.25, 0.3) is 6.08 Å². The molecule has 0 fully saturated rings. The van der Waals surface area contributed by atoms with Gasteiger partial charge in [0.25, 0.3) is 5.91 Å². The van der Waals surface area contributed by atoms with E-state index in [2.05, 4.69) is 17.2 Å². The number of aliphatic hydroxyl groups is 1. The third kappa shape index (κ3) is 8.37. The maximum Gasteiger partial charge on any atom is 0.408 e. The normalized spacial score (nSPS) is 12.3. The maximum atomic E-state index is 13.6. The molecule has 2 aromatic rings. The zero-order valence-electron chi connectivity index (χ0n) is 21.4. The molecule has 10 heteroatoms. The molecule has 0 aromatic heterocycles. The molecule has 0 aliphatic rings. The number of benzene rings is 2. The Hall–Kier alpha value is -4.36. The summed E-state index contributed by atoms with van der Waals surface area (Å²) in [5.74, 6) is -0.855. The maximum absolute atomic E-state index is 13.6. The summed E-state index contributed by atoms with van der Waals surface area (Å²) in [7, 11) is 1.52. The Bertz CT molecular complexity index is 1150. The summed E-state index contributed by atoms with van der Waals surface area (Å²) >= 11 is 0. The van der Waals surface area contributed by atoms with E-state index in [1.54, 1.807) is 75.4 Å². The number of hydrogen-bond acceptors (Lipinski definition) is 7. The van der Waals surface area contributed by atoms with Crippen molar-refractivity contribution in [2.24, 2.45) is 0 Å². The molecular weight excluding hydrogens is 476 g/mol. The highest BCUT2D eigenvalue weighted by molar-refractivity contribution is 5.99. The van der Waals surface area contributed by atoms with Gasteiger partial charge in [0.1, 0.15) is 30.0 Å². The number of nitriles is 1. The SMILES string of the molecule is C=Cc1cccc(C(C(=O)Nc2ccc(OC)cc2)N(CC#N)C(=O)C(CO)NC(=O)OC(C)(C)C)c1. The number of anilines is 1. The molecule has 37 heavy (non-hydrogen) atoms. The van der Waals surface area contributed by atoms with Gasteiger partial charge in [-0.3, -0.25) is 9.59 Å². The van der Waals surface area contributed by atoms with E-state index in [-0.39, 0.29) is 0 Å². The van der Waals surface area contributed by atoms with Gasteiger partial charge in [-0.1, -0.05) is 30.9 Å². The zero-order valence-corrected chi connectivity index (χ0v) is 21.4. The van der Waals surface area contributed by atoms with Crippen LogP contribution in [0.5, 0.6) is 5.75 Å². The number of amides is 3. The second kappa shape index (κ2) is 13.1. The number of nitrogens with zero attached hydrogens (tertiary/aromatic N) is 2. The summed E-state index contributed by atoms with van der Waals surface area (Å²) in [6.07, 6.45) is 0.656. The summed E-state index contributed by atoms with van der Waals surface area (Å²) in [5, 5.41) is 24.5. The van der Waals surface area contributed by atoms with Crippen molar-refractivity contribution >= 4 is 29.7 Å². The van der Waals surface area contributed by atoms with Crippen molar-refractivity contribution in [1.82, 2.24) is 10.2 Å². The van der Waals surface area contributed by atoms with E-state index in [9.17, 15) is 24.8 Å². The summed E-state index contributed by atoms with van der Waals surface area (Å²) in [5.41, 5.74) is 0.687. The molecule has 0 bridgehead atoms. The predicted octanol–water partition coefficient (Wildman–Crippen LogP) is 3.26. The van der Waals surface area contributed by atoms with E-state index in [4.69, 9.17) is 9.47 Å². The van der Waals surface area contributed by atoms with Gasteiger partial charge in [0.15, 0.2) is 0 Å². The summed E-state index contributed by atoms with van der Waals surface area (Å²) < 4.78 is 10.3. The quantitative estimate of drug-likeness (QED) is 0.418. The molecular formula is C27H32N4O6. The number of aliphatic hydroxyl groups excluding tert-OH is 1. The lowest BCUT2D eigenvalue weighted by molar-refractivity contribution is -0.140. The molecule has 0 radical (unpaired) electrons. The average Bonchev–Trinajstić information content (AvgIpc) is 2.86. The minimum absolute atomic E-state index is 0.404. The zero-order chi connectivity index (χ0) is 27.6. The van der Waals surface area contributed by atoms with Gasteiger partial charge in [0.05, 0.1) is 19.8 Å². The summed E-state index contributed by atoms with van der Waals surface area (Å²) in [6, 6.07) is 12.5. The van der Waals surface area contributed by atoms with Crippen LogP contribution in [-0.4, -0.2) is 59.8 Å². The van der Waals surface area contributed by atoms with Crippen LogP contribution in [0, 0.1) is 11.3 Å². The van der Waals surface area contributed by atoms with Gasteiger partial charge in [-0.25, -0.2) is 4.79 Å². The Balaban J connectivity index is 2.47. The number of nitrogens with one attached hydrogen (secondary N) is 2. The fourth-order valence-electron chi connectivity index (χ4n) is 3.42. The van der Waals surface area contributed by atoms with Crippen LogP contribution in [-0.2, 0) is 14.3 Å². The first-order chi connectivity index (χ1) is 17.5. The second-order valence-electron chi connectivity index (χ2n) is 9.00. The number of methoxy groups -OCH3 is 1. The highest BCUT2D eigenvalue weighted by Crippen LogP contribution is 2.26. The highest BCUT2D eigenvalue weighted by Gasteiger charge is 2.36. The number of ether oxygens (including phenoxy) is 2. The molecule has 2 atom stereocenters.